The molecule has 0 radical (unpaired) electrons. The lowest BCUT2D eigenvalue weighted by atomic mass is 9.82. The number of likely N-dealkylation sites (N-methyl/N-ethyl adjacent to an activating group) is 1. The van der Waals surface area contributed by atoms with E-state index in [-0.39, 0.29) is 23.9 Å². The molecule has 2 amide bonds. The van der Waals surface area contributed by atoms with Crippen LogP contribution in [0.1, 0.15) is 23.3 Å². The summed E-state index contributed by atoms with van der Waals surface area (Å²) in [5.41, 5.74) is -0.518. The van der Waals surface area contributed by atoms with E-state index in [1.807, 2.05) is 7.05 Å². The van der Waals surface area contributed by atoms with Crippen molar-refractivity contribution in [1.82, 2.24) is 19.3 Å². The number of pyridine rings is 1. The average Bonchev–Trinajstić information content (AvgIpc) is 2.65. The van der Waals surface area contributed by atoms with Crippen molar-refractivity contribution in [3.63, 3.8) is 0 Å². The minimum atomic E-state index is -0.644. The van der Waals surface area contributed by atoms with Crippen molar-refractivity contribution in [2.24, 2.45) is 7.05 Å². The molecule has 2 saturated heterocycles. The lowest BCUT2D eigenvalue weighted by Crippen LogP contribution is -2.68. The van der Waals surface area contributed by atoms with E-state index in [2.05, 4.69) is 11.0 Å². The number of aromatic nitrogens is 1. The highest BCUT2D eigenvalue weighted by molar-refractivity contribution is 5.93. The van der Waals surface area contributed by atoms with Gasteiger partial charge in [-0.15, -0.1) is 0 Å². The van der Waals surface area contributed by atoms with Crippen molar-refractivity contribution in [3.8, 4) is 6.07 Å². The second kappa shape index (κ2) is 6.92. The van der Waals surface area contributed by atoms with E-state index in [4.69, 9.17) is 5.26 Å². The molecule has 1 spiro atoms. The van der Waals surface area contributed by atoms with Crippen molar-refractivity contribution >= 4 is 11.8 Å². The molecule has 0 aliphatic carbocycles. The molecule has 3 rings (SSSR count). The summed E-state index contributed by atoms with van der Waals surface area (Å²) in [5, 5.41) is 8.94. The molecule has 0 atom stereocenters. The predicted molar refractivity (Wildman–Crippen MR) is 94.4 cm³/mol. The third-order valence-corrected chi connectivity index (χ3v) is 5.66. The number of amides is 2. The van der Waals surface area contributed by atoms with Crippen molar-refractivity contribution in [3.05, 3.63) is 34.2 Å². The maximum Gasteiger partial charge on any atom is 0.270 e. The molecule has 3 heterocycles. The zero-order chi connectivity index (χ0) is 18.9. The first-order chi connectivity index (χ1) is 12.4. The lowest BCUT2D eigenvalue weighted by Gasteiger charge is -2.51. The number of piperazine rings is 1. The van der Waals surface area contributed by atoms with Gasteiger partial charge in [0, 0.05) is 39.3 Å². The zero-order valence-corrected chi connectivity index (χ0v) is 15.1. The van der Waals surface area contributed by atoms with Crippen LogP contribution in [0, 0.1) is 11.3 Å². The summed E-state index contributed by atoms with van der Waals surface area (Å²) in [4.78, 5) is 42.8. The summed E-state index contributed by atoms with van der Waals surface area (Å²) >= 11 is 0. The van der Waals surface area contributed by atoms with Gasteiger partial charge in [0.2, 0.25) is 5.91 Å². The van der Waals surface area contributed by atoms with E-state index in [9.17, 15) is 14.4 Å². The minimum Gasteiger partial charge on any atom is -0.337 e. The Bertz CT molecular complexity index is 817. The van der Waals surface area contributed by atoms with Gasteiger partial charge in [0.25, 0.3) is 11.5 Å². The Labute approximate surface area is 152 Å². The normalized spacial score (nSPS) is 20.3. The monoisotopic (exact) mass is 357 g/mol. The van der Waals surface area contributed by atoms with Crippen LogP contribution in [0.5, 0.6) is 0 Å². The number of carbonyl (C=O) groups is 2. The summed E-state index contributed by atoms with van der Waals surface area (Å²) in [6.45, 7) is 2.26. The fourth-order valence-corrected chi connectivity index (χ4v) is 3.90. The highest BCUT2D eigenvalue weighted by Crippen LogP contribution is 2.33. The van der Waals surface area contributed by atoms with E-state index in [1.54, 1.807) is 29.0 Å². The first-order valence-corrected chi connectivity index (χ1v) is 8.73. The smallest absolute Gasteiger partial charge is 0.270 e. The van der Waals surface area contributed by atoms with Gasteiger partial charge in [0.15, 0.2) is 0 Å². The first-order valence-electron chi connectivity index (χ1n) is 8.73. The molecule has 138 valence electrons. The Morgan fingerprint density at radius 2 is 1.85 bits per heavy atom. The van der Waals surface area contributed by atoms with Crippen LogP contribution in [0.2, 0.25) is 0 Å². The van der Waals surface area contributed by atoms with Crippen LogP contribution in [-0.4, -0.2) is 76.4 Å². The highest BCUT2D eigenvalue weighted by Gasteiger charge is 2.49. The largest absolute Gasteiger partial charge is 0.337 e. The Balaban J connectivity index is 1.76. The molecule has 26 heavy (non-hydrogen) atoms. The molecule has 1 aromatic heterocycles. The van der Waals surface area contributed by atoms with Crippen LogP contribution < -0.4 is 5.56 Å². The van der Waals surface area contributed by atoms with Gasteiger partial charge in [-0.3, -0.25) is 19.3 Å². The molecule has 8 heteroatoms. The van der Waals surface area contributed by atoms with Gasteiger partial charge in [-0.2, -0.15) is 5.26 Å². The van der Waals surface area contributed by atoms with Gasteiger partial charge < -0.3 is 14.4 Å². The SMILES string of the molecule is CN1CCN(CC#N)C(=O)C12CCN(C(=O)c1cccc(=O)n1C)CC2. The van der Waals surface area contributed by atoms with Crippen LogP contribution in [0.25, 0.3) is 0 Å². The lowest BCUT2D eigenvalue weighted by molar-refractivity contribution is -0.152. The molecule has 1 aromatic rings. The van der Waals surface area contributed by atoms with E-state index >= 15 is 0 Å². The maximum atomic E-state index is 12.9. The highest BCUT2D eigenvalue weighted by atomic mass is 16.2. The fraction of sp³-hybridized carbons (Fsp3) is 0.556. The number of nitriles is 1. The minimum absolute atomic E-state index is 0.0213. The Hall–Kier alpha value is -2.66. The number of nitrogens with zero attached hydrogens (tertiary/aromatic N) is 5. The Kier molecular flexibility index (Phi) is 4.83. The molecular weight excluding hydrogens is 334 g/mol. The average molecular weight is 357 g/mol. The number of hydrogen-bond donors (Lipinski definition) is 0. The second-order valence-corrected chi connectivity index (χ2v) is 6.94. The van der Waals surface area contributed by atoms with Gasteiger partial charge in [0.05, 0.1) is 6.07 Å². The summed E-state index contributed by atoms with van der Waals surface area (Å²) in [5.74, 6) is -0.216. The van der Waals surface area contributed by atoms with E-state index in [0.29, 0.717) is 44.7 Å². The Morgan fingerprint density at radius 3 is 2.50 bits per heavy atom. The maximum absolute atomic E-state index is 12.9. The van der Waals surface area contributed by atoms with E-state index < -0.39 is 5.54 Å². The Morgan fingerprint density at radius 1 is 1.15 bits per heavy atom. The third-order valence-electron chi connectivity index (χ3n) is 5.66. The summed E-state index contributed by atoms with van der Waals surface area (Å²) in [6, 6.07) is 6.69. The fourth-order valence-electron chi connectivity index (χ4n) is 3.90. The summed E-state index contributed by atoms with van der Waals surface area (Å²) in [7, 11) is 3.51. The van der Waals surface area contributed by atoms with Crippen LogP contribution in [-0.2, 0) is 11.8 Å². The first kappa shape index (κ1) is 18.1. The van der Waals surface area contributed by atoms with Gasteiger partial charge in [0.1, 0.15) is 17.8 Å². The molecule has 2 aliphatic heterocycles. The van der Waals surface area contributed by atoms with Crippen LogP contribution in [0.15, 0.2) is 23.0 Å². The molecule has 8 nitrogen and oxygen atoms in total. The molecular formula is C18H23N5O3. The standard InChI is InChI=1S/C18H23N5O3/c1-20-12-13-23(11-8-19)17(26)18(20)6-9-22(10-7-18)16(25)14-4-3-5-15(24)21(14)2/h3-5H,6-7,9-13H2,1-2H3. The number of carbonyl (C=O) groups excluding carboxylic acids is 2. The molecule has 0 N–H and O–H groups in total. The summed E-state index contributed by atoms with van der Waals surface area (Å²) in [6.07, 6.45) is 1.05. The number of piperidine rings is 1. The quantitative estimate of drug-likeness (QED) is 0.676. The zero-order valence-electron chi connectivity index (χ0n) is 15.1. The molecule has 2 fully saturated rings. The molecule has 2 aliphatic rings. The third kappa shape index (κ3) is 2.88. The van der Waals surface area contributed by atoms with E-state index in [0.717, 1.165) is 0 Å². The van der Waals surface area contributed by atoms with Crippen molar-refractivity contribution < 1.29 is 9.59 Å². The van der Waals surface area contributed by atoms with Crippen molar-refractivity contribution in [1.29, 1.82) is 5.26 Å². The van der Waals surface area contributed by atoms with Crippen molar-refractivity contribution in [2.45, 2.75) is 18.4 Å². The summed E-state index contributed by atoms with van der Waals surface area (Å²) < 4.78 is 1.35. The predicted octanol–water partition coefficient (Wildman–Crippen LogP) is -0.342. The van der Waals surface area contributed by atoms with Gasteiger partial charge in [-0.25, -0.2) is 0 Å². The van der Waals surface area contributed by atoms with Gasteiger partial charge in [-0.1, -0.05) is 6.07 Å². The van der Waals surface area contributed by atoms with Crippen LogP contribution in [0.4, 0.5) is 0 Å². The van der Waals surface area contributed by atoms with Gasteiger partial charge in [-0.05, 0) is 26.0 Å². The van der Waals surface area contributed by atoms with Gasteiger partial charge >= 0.3 is 0 Å². The topological polar surface area (TPSA) is 89.7 Å². The van der Waals surface area contributed by atoms with E-state index in [1.165, 1.54) is 10.6 Å². The molecule has 0 saturated carbocycles. The van der Waals surface area contributed by atoms with Crippen LogP contribution in [0.3, 0.4) is 0 Å². The number of hydrogen-bond acceptors (Lipinski definition) is 5. The van der Waals surface area contributed by atoms with Crippen molar-refractivity contribution in [2.75, 3.05) is 39.8 Å². The second-order valence-electron chi connectivity index (χ2n) is 6.94. The molecule has 0 aromatic carbocycles. The van der Waals surface area contributed by atoms with Crippen LogP contribution >= 0.6 is 0 Å². The molecule has 0 bridgehead atoms. The number of rotatable bonds is 2. The number of likely N-dealkylation sites (tertiary alicyclic amines) is 1. The molecule has 0 unspecified atom stereocenters.